The molecule has 0 N–H and O–H groups in total. The van der Waals surface area contributed by atoms with Gasteiger partial charge >= 0.3 is 0 Å². The van der Waals surface area contributed by atoms with Gasteiger partial charge in [0.05, 0.1) is 0 Å². The number of epoxide rings is 1. The number of ketones is 2. The largest absolute Gasteiger partial charge is 0.357 e. The number of rotatable bonds is 0. The molecular formula is C19H26O3. The summed E-state index contributed by atoms with van der Waals surface area (Å²) in [5, 5.41) is 0. The van der Waals surface area contributed by atoms with Gasteiger partial charge in [-0.05, 0) is 56.3 Å². The van der Waals surface area contributed by atoms with Crippen LogP contribution in [0.15, 0.2) is 0 Å². The van der Waals surface area contributed by atoms with E-state index in [1.54, 1.807) is 0 Å². The molecule has 0 aromatic heterocycles. The molecule has 0 aromatic carbocycles. The van der Waals surface area contributed by atoms with E-state index in [4.69, 9.17) is 4.74 Å². The molecule has 7 atom stereocenters. The molecule has 1 aliphatic heterocycles. The van der Waals surface area contributed by atoms with Gasteiger partial charge in [-0.1, -0.05) is 13.8 Å². The summed E-state index contributed by atoms with van der Waals surface area (Å²) in [7, 11) is 0. The maximum Gasteiger partial charge on any atom is 0.164 e. The Morgan fingerprint density at radius 2 is 1.77 bits per heavy atom. The maximum atomic E-state index is 12.4. The summed E-state index contributed by atoms with van der Waals surface area (Å²) in [6, 6.07) is 0. The molecule has 1 heterocycles. The first-order valence-electron chi connectivity index (χ1n) is 9.16. The van der Waals surface area contributed by atoms with Crippen molar-refractivity contribution in [3.05, 3.63) is 0 Å². The number of fused-ring (bicyclic) bond motifs is 4. The Balaban J connectivity index is 1.52. The maximum absolute atomic E-state index is 12.4. The molecule has 3 unspecified atom stereocenters. The molecule has 5 rings (SSSR count). The van der Waals surface area contributed by atoms with Crippen LogP contribution in [-0.4, -0.2) is 23.3 Å². The van der Waals surface area contributed by atoms with E-state index in [9.17, 15) is 9.59 Å². The van der Waals surface area contributed by atoms with Crippen molar-refractivity contribution < 1.29 is 14.3 Å². The number of carbonyl (C=O) groups excluding carboxylic acids is 2. The fourth-order valence-electron chi connectivity index (χ4n) is 7.27. The highest BCUT2D eigenvalue weighted by atomic mass is 16.6. The number of hydrogen-bond acceptors (Lipinski definition) is 3. The molecule has 0 amide bonds. The van der Waals surface area contributed by atoms with Crippen LogP contribution in [0.5, 0.6) is 0 Å². The second kappa shape index (κ2) is 3.85. The van der Waals surface area contributed by atoms with Crippen LogP contribution in [0.2, 0.25) is 0 Å². The van der Waals surface area contributed by atoms with Crippen LogP contribution in [0.4, 0.5) is 0 Å². The van der Waals surface area contributed by atoms with Gasteiger partial charge in [0.1, 0.15) is 17.5 Å². The molecule has 3 heteroatoms. The van der Waals surface area contributed by atoms with Crippen molar-refractivity contribution in [1.82, 2.24) is 0 Å². The topological polar surface area (TPSA) is 46.7 Å². The fourth-order valence-corrected chi connectivity index (χ4v) is 7.27. The molecule has 22 heavy (non-hydrogen) atoms. The molecule has 4 saturated carbocycles. The summed E-state index contributed by atoms with van der Waals surface area (Å²) in [6.45, 7) is 4.63. The van der Waals surface area contributed by atoms with Crippen molar-refractivity contribution in [1.29, 1.82) is 0 Å². The smallest absolute Gasteiger partial charge is 0.164 e. The Bertz CT molecular complexity index is 583. The molecule has 5 fully saturated rings. The molecule has 0 radical (unpaired) electrons. The van der Waals surface area contributed by atoms with Crippen LogP contribution in [-0.2, 0) is 14.3 Å². The molecule has 0 bridgehead atoms. The van der Waals surface area contributed by atoms with Gasteiger partial charge in [0.15, 0.2) is 5.78 Å². The highest BCUT2D eigenvalue weighted by Gasteiger charge is 2.76. The number of Topliss-reactive ketones (excluding diaryl/α,β-unsaturated/α-hetero) is 2. The lowest BCUT2D eigenvalue weighted by Gasteiger charge is -2.58. The minimum absolute atomic E-state index is 0.0453. The Labute approximate surface area is 132 Å². The van der Waals surface area contributed by atoms with E-state index in [0.717, 1.165) is 44.9 Å². The van der Waals surface area contributed by atoms with E-state index in [2.05, 4.69) is 13.8 Å². The zero-order chi connectivity index (χ0) is 15.3. The summed E-state index contributed by atoms with van der Waals surface area (Å²) in [5.74, 6) is 2.78. The summed E-state index contributed by atoms with van der Waals surface area (Å²) in [5.41, 5.74) is -0.00234. The van der Waals surface area contributed by atoms with Crippen molar-refractivity contribution >= 4 is 11.6 Å². The lowest BCUT2D eigenvalue weighted by Crippen LogP contribution is -2.58. The molecular weight excluding hydrogens is 276 g/mol. The highest BCUT2D eigenvalue weighted by Crippen LogP contribution is 2.71. The van der Waals surface area contributed by atoms with E-state index in [1.165, 1.54) is 0 Å². The monoisotopic (exact) mass is 302 g/mol. The SMILES string of the molecule is C[C@]12CCC3C(CC[C@@]45O[C@@H]4C(=O)CC[C@]35C)C1CCC2=O. The van der Waals surface area contributed by atoms with Crippen LogP contribution in [0.3, 0.4) is 0 Å². The highest BCUT2D eigenvalue weighted by molar-refractivity contribution is 5.89. The Morgan fingerprint density at radius 1 is 0.955 bits per heavy atom. The summed E-state index contributed by atoms with van der Waals surface area (Å²) in [6.07, 6.45) is 7.93. The minimum Gasteiger partial charge on any atom is -0.357 e. The molecule has 1 spiro atoms. The second-order valence-corrected chi connectivity index (χ2v) is 9.10. The zero-order valence-electron chi connectivity index (χ0n) is 13.7. The standard InChI is InChI=1S/C19H26O3/c1-17-8-6-13-11(12(17)3-4-15(17)21)5-10-19-16(22-19)14(20)7-9-18(13,19)2/h11-13,16H,3-10H2,1-2H3/t11?,12?,13?,16-,17+,18-,19-/m1/s1. The van der Waals surface area contributed by atoms with Crippen LogP contribution in [0.25, 0.3) is 0 Å². The molecule has 5 aliphatic rings. The average molecular weight is 302 g/mol. The quantitative estimate of drug-likeness (QED) is 0.645. The fraction of sp³-hybridized carbons (Fsp3) is 0.895. The Morgan fingerprint density at radius 3 is 2.59 bits per heavy atom. The van der Waals surface area contributed by atoms with Gasteiger partial charge in [-0.25, -0.2) is 0 Å². The van der Waals surface area contributed by atoms with E-state index >= 15 is 0 Å². The van der Waals surface area contributed by atoms with Gasteiger partial charge in [-0.2, -0.15) is 0 Å². The first-order chi connectivity index (χ1) is 10.4. The Kier molecular flexibility index (Phi) is 2.40. The molecule has 4 aliphatic carbocycles. The Hall–Kier alpha value is -0.700. The van der Waals surface area contributed by atoms with Gasteiger partial charge < -0.3 is 4.74 Å². The van der Waals surface area contributed by atoms with Crippen molar-refractivity contribution in [3.63, 3.8) is 0 Å². The minimum atomic E-state index is -0.125. The van der Waals surface area contributed by atoms with Crippen molar-refractivity contribution in [2.75, 3.05) is 0 Å². The van der Waals surface area contributed by atoms with Gasteiger partial charge in [-0.3, -0.25) is 9.59 Å². The van der Waals surface area contributed by atoms with Crippen molar-refractivity contribution in [3.8, 4) is 0 Å². The van der Waals surface area contributed by atoms with Crippen LogP contribution in [0.1, 0.15) is 65.2 Å². The van der Waals surface area contributed by atoms with E-state index in [1.807, 2.05) is 0 Å². The summed E-state index contributed by atoms with van der Waals surface area (Å²) >= 11 is 0. The predicted molar refractivity (Wildman–Crippen MR) is 81.2 cm³/mol. The van der Waals surface area contributed by atoms with Crippen LogP contribution >= 0.6 is 0 Å². The van der Waals surface area contributed by atoms with Crippen molar-refractivity contribution in [2.24, 2.45) is 28.6 Å². The van der Waals surface area contributed by atoms with Crippen molar-refractivity contribution in [2.45, 2.75) is 76.9 Å². The van der Waals surface area contributed by atoms with E-state index < -0.39 is 0 Å². The molecule has 0 aromatic rings. The third kappa shape index (κ3) is 1.31. The molecule has 3 nitrogen and oxygen atoms in total. The normalized spacial score (nSPS) is 59.4. The van der Waals surface area contributed by atoms with Gasteiger partial charge in [0, 0.05) is 23.7 Å². The predicted octanol–water partition coefficient (Wildman–Crippen LogP) is 3.30. The van der Waals surface area contributed by atoms with E-state index in [0.29, 0.717) is 35.7 Å². The van der Waals surface area contributed by atoms with Gasteiger partial charge in [-0.15, -0.1) is 0 Å². The zero-order valence-corrected chi connectivity index (χ0v) is 13.7. The summed E-state index contributed by atoms with van der Waals surface area (Å²) in [4.78, 5) is 24.5. The number of carbonyl (C=O) groups is 2. The number of hydrogen-bond donors (Lipinski definition) is 0. The lowest BCUT2D eigenvalue weighted by molar-refractivity contribution is -0.140. The van der Waals surface area contributed by atoms with E-state index in [-0.39, 0.29) is 22.5 Å². The lowest BCUT2D eigenvalue weighted by atomic mass is 9.45. The first-order valence-corrected chi connectivity index (χ1v) is 9.16. The molecule has 120 valence electrons. The summed E-state index contributed by atoms with van der Waals surface area (Å²) < 4.78 is 6.07. The molecule has 1 saturated heterocycles. The third-order valence-corrected chi connectivity index (χ3v) is 8.66. The third-order valence-electron chi connectivity index (χ3n) is 8.66. The second-order valence-electron chi connectivity index (χ2n) is 9.10. The average Bonchev–Trinajstić information content (AvgIpc) is 3.17. The van der Waals surface area contributed by atoms with Crippen LogP contribution < -0.4 is 0 Å². The first kappa shape index (κ1) is 13.7. The van der Waals surface area contributed by atoms with Gasteiger partial charge in [0.25, 0.3) is 0 Å². The van der Waals surface area contributed by atoms with Crippen LogP contribution in [0, 0.1) is 28.6 Å². The number of ether oxygens (including phenoxy) is 1. The van der Waals surface area contributed by atoms with Gasteiger partial charge in [0.2, 0.25) is 0 Å².